The first-order valence-corrected chi connectivity index (χ1v) is 8.63. The van der Waals surface area contributed by atoms with Crippen molar-refractivity contribution in [2.45, 2.75) is 78.9 Å². The van der Waals surface area contributed by atoms with E-state index in [1.54, 1.807) is 0 Å². The molecule has 0 aliphatic rings. The van der Waals surface area contributed by atoms with Gasteiger partial charge in [0.15, 0.2) is 5.96 Å². The molecule has 4 N–H and O–H groups in total. The van der Waals surface area contributed by atoms with Crippen LogP contribution in [-0.4, -0.2) is 36.8 Å². The van der Waals surface area contributed by atoms with Gasteiger partial charge in [-0.3, -0.25) is 4.99 Å². The largest absolute Gasteiger partial charge is 0.444 e. The minimum atomic E-state index is -0.470. The predicted octanol–water partition coefficient (Wildman–Crippen LogP) is 3.64. The number of rotatable bonds is 9. The van der Waals surface area contributed by atoms with Crippen molar-refractivity contribution in [3.05, 3.63) is 0 Å². The molecule has 0 aromatic carbocycles. The Bertz CT molecular complexity index is 368. The summed E-state index contributed by atoms with van der Waals surface area (Å²) in [5.74, 6) is 1.21. The van der Waals surface area contributed by atoms with Gasteiger partial charge >= 0.3 is 6.09 Å². The number of guanidine groups is 1. The summed E-state index contributed by atoms with van der Waals surface area (Å²) in [7, 11) is 0. The van der Waals surface area contributed by atoms with Crippen LogP contribution in [0.25, 0.3) is 0 Å². The van der Waals surface area contributed by atoms with Gasteiger partial charge in [0.2, 0.25) is 0 Å². The highest BCUT2D eigenvalue weighted by Gasteiger charge is 2.15. The van der Waals surface area contributed by atoms with Gasteiger partial charge in [-0.2, -0.15) is 0 Å². The van der Waals surface area contributed by atoms with Crippen molar-refractivity contribution in [3.63, 3.8) is 0 Å². The third-order valence-corrected chi connectivity index (χ3v) is 3.10. The molecular weight excluding hydrogens is 419 g/mol. The maximum absolute atomic E-state index is 11.4. The number of carbonyl (C=O) groups is 1. The molecule has 0 rings (SSSR count). The summed E-state index contributed by atoms with van der Waals surface area (Å²) < 4.78 is 5.15. The summed E-state index contributed by atoms with van der Waals surface area (Å²) in [6.45, 7) is 13.2. The number of nitrogens with zero attached hydrogens (tertiary/aromatic N) is 1. The van der Waals surface area contributed by atoms with Crippen LogP contribution in [0, 0.1) is 5.92 Å². The summed E-state index contributed by atoms with van der Waals surface area (Å²) >= 11 is 0. The number of hydrogen-bond acceptors (Lipinski definition) is 3. The second-order valence-corrected chi connectivity index (χ2v) is 7.42. The normalized spacial score (nSPS) is 13.2. The van der Waals surface area contributed by atoms with Gasteiger partial charge in [-0.25, -0.2) is 4.79 Å². The van der Waals surface area contributed by atoms with Gasteiger partial charge in [-0.1, -0.05) is 26.7 Å². The molecule has 1 amide bonds. The zero-order valence-electron chi connectivity index (χ0n) is 16.1. The Morgan fingerprint density at radius 1 is 1.17 bits per heavy atom. The lowest BCUT2D eigenvalue weighted by Crippen LogP contribution is -2.38. The molecule has 0 aliphatic heterocycles. The molecule has 0 aromatic heterocycles. The van der Waals surface area contributed by atoms with E-state index < -0.39 is 11.7 Å². The average Bonchev–Trinajstić information content (AvgIpc) is 2.35. The molecule has 0 spiro atoms. The lowest BCUT2D eigenvalue weighted by atomic mass is 10.0. The highest BCUT2D eigenvalue weighted by molar-refractivity contribution is 14.0. The average molecular weight is 456 g/mol. The van der Waals surface area contributed by atoms with E-state index in [4.69, 9.17) is 10.5 Å². The van der Waals surface area contributed by atoms with Crippen LogP contribution in [0.1, 0.15) is 67.2 Å². The summed E-state index contributed by atoms with van der Waals surface area (Å²) in [6, 6.07) is 0.331. The molecule has 1 unspecified atom stereocenters. The lowest BCUT2D eigenvalue weighted by Gasteiger charge is -2.19. The fourth-order valence-corrected chi connectivity index (χ4v) is 1.99. The molecule has 6 nitrogen and oxygen atoms in total. The van der Waals surface area contributed by atoms with Crippen molar-refractivity contribution in [1.29, 1.82) is 0 Å². The van der Waals surface area contributed by atoms with E-state index in [0.717, 1.165) is 18.8 Å². The quantitative estimate of drug-likeness (QED) is 0.214. The first-order chi connectivity index (χ1) is 10.6. The second kappa shape index (κ2) is 13.5. The number of halogens is 1. The minimum absolute atomic E-state index is 0. The Balaban J connectivity index is 0. The number of hydrogen-bond donors (Lipinski definition) is 3. The smallest absolute Gasteiger partial charge is 0.407 e. The van der Waals surface area contributed by atoms with Gasteiger partial charge in [-0.05, 0) is 46.5 Å². The fraction of sp³-hybridized carbons (Fsp3) is 0.882. The zero-order chi connectivity index (χ0) is 17.9. The van der Waals surface area contributed by atoms with Crippen LogP contribution < -0.4 is 16.4 Å². The van der Waals surface area contributed by atoms with Gasteiger partial charge in [0.1, 0.15) is 5.60 Å². The monoisotopic (exact) mass is 456 g/mol. The van der Waals surface area contributed by atoms with Crippen molar-refractivity contribution in [3.8, 4) is 0 Å². The molecule has 0 heterocycles. The van der Waals surface area contributed by atoms with Crippen LogP contribution in [-0.2, 0) is 4.74 Å². The topological polar surface area (TPSA) is 88.7 Å². The van der Waals surface area contributed by atoms with Crippen LogP contribution in [0.2, 0.25) is 0 Å². The van der Waals surface area contributed by atoms with E-state index in [1.807, 2.05) is 20.8 Å². The number of nitrogens with one attached hydrogen (secondary N) is 2. The number of nitrogens with two attached hydrogens (primary N) is 1. The maximum atomic E-state index is 11.4. The van der Waals surface area contributed by atoms with Crippen molar-refractivity contribution in [2.24, 2.45) is 16.6 Å². The third-order valence-electron chi connectivity index (χ3n) is 3.10. The van der Waals surface area contributed by atoms with Gasteiger partial charge in [-0.15, -0.1) is 24.0 Å². The Morgan fingerprint density at radius 3 is 2.33 bits per heavy atom. The Hall–Kier alpha value is -0.730. The minimum Gasteiger partial charge on any atom is -0.444 e. The summed E-state index contributed by atoms with van der Waals surface area (Å²) in [5.41, 5.74) is 5.39. The SMILES string of the molecule is CC(C)CCCC(C)NC(N)=NCCCNC(=O)OC(C)(C)C.I. The highest BCUT2D eigenvalue weighted by atomic mass is 127. The molecular formula is C17H37IN4O2. The molecule has 0 fully saturated rings. The van der Waals surface area contributed by atoms with E-state index in [1.165, 1.54) is 12.8 Å². The fourth-order valence-electron chi connectivity index (χ4n) is 1.99. The van der Waals surface area contributed by atoms with Crippen LogP contribution in [0.3, 0.4) is 0 Å². The van der Waals surface area contributed by atoms with E-state index in [2.05, 4.69) is 36.4 Å². The highest BCUT2D eigenvalue weighted by Crippen LogP contribution is 2.08. The molecule has 0 aromatic rings. The molecule has 0 bridgehead atoms. The molecule has 0 saturated carbocycles. The number of aliphatic imine (C=N–C) groups is 1. The van der Waals surface area contributed by atoms with Crippen LogP contribution >= 0.6 is 24.0 Å². The number of carbonyl (C=O) groups excluding carboxylic acids is 1. The van der Waals surface area contributed by atoms with Crippen LogP contribution in [0.4, 0.5) is 4.79 Å². The van der Waals surface area contributed by atoms with Crippen LogP contribution in [0.15, 0.2) is 4.99 Å². The van der Waals surface area contributed by atoms with Gasteiger partial charge in [0.05, 0.1) is 0 Å². The molecule has 0 radical (unpaired) electrons. The molecule has 1 atom stereocenters. The number of amides is 1. The van der Waals surface area contributed by atoms with Crippen molar-refractivity contribution in [2.75, 3.05) is 13.1 Å². The molecule has 7 heteroatoms. The van der Waals surface area contributed by atoms with Gasteiger partial charge < -0.3 is 21.1 Å². The van der Waals surface area contributed by atoms with E-state index >= 15 is 0 Å². The van der Waals surface area contributed by atoms with E-state index in [-0.39, 0.29) is 24.0 Å². The Morgan fingerprint density at radius 2 is 1.79 bits per heavy atom. The zero-order valence-corrected chi connectivity index (χ0v) is 18.5. The summed E-state index contributed by atoms with van der Waals surface area (Å²) in [6.07, 6.45) is 3.85. The maximum Gasteiger partial charge on any atom is 0.407 e. The van der Waals surface area contributed by atoms with Crippen LogP contribution in [0.5, 0.6) is 0 Å². The molecule has 0 aliphatic carbocycles. The van der Waals surface area contributed by atoms with Gasteiger partial charge in [0.25, 0.3) is 0 Å². The lowest BCUT2D eigenvalue weighted by molar-refractivity contribution is 0.0527. The van der Waals surface area contributed by atoms with E-state index in [0.29, 0.717) is 25.1 Å². The van der Waals surface area contributed by atoms with Crippen molar-refractivity contribution < 1.29 is 9.53 Å². The number of alkyl carbamates (subject to hydrolysis) is 1. The summed E-state index contributed by atoms with van der Waals surface area (Å²) in [5, 5.41) is 5.90. The first-order valence-electron chi connectivity index (χ1n) is 8.63. The van der Waals surface area contributed by atoms with Crippen molar-refractivity contribution >= 4 is 36.0 Å². The Kier molecular flexibility index (Phi) is 14.4. The predicted molar refractivity (Wildman–Crippen MR) is 112 cm³/mol. The van der Waals surface area contributed by atoms with Crippen molar-refractivity contribution in [1.82, 2.24) is 10.6 Å². The van der Waals surface area contributed by atoms with E-state index in [9.17, 15) is 4.79 Å². The number of ether oxygens (including phenoxy) is 1. The van der Waals surface area contributed by atoms with Gasteiger partial charge in [0, 0.05) is 19.1 Å². The molecule has 0 saturated heterocycles. The summed E-state index contributed by atoms with van der Waals surface area (Å²) in [4.78, 5) is 15.7. The molecule has 144 valence electrons. The first kappa shape index (κ1) is 25.5. The second-order valence-electron chi connectivity index (χ2n) is 7.42. The Labute approximate surface area is 164 Å². The molecule has 24 heavy (non-hydrogen) atoms. The third kappa shape index (κ3) is 17.6. The standard InChI is InChI=1S/C17H36N4O2.HI/c1-13(2)9-7-10-14(3)21-15(18)19-11-8-12-20-16(22)23-17(4,5)6;/h13-14H,7-12H2,1-6H3,(H,20,22)(H3,18,19,21);1H.